The van der Waals surface area contributed by atoms with Crippen molar-refractivity contribution in [1.82, 2.24) is 0 Å². The van der Waals surface area contributed by atoms with Crippen LogP contribution in [0.25, 0.3) is 0 Å². The predicted molar refractivity (Wildman–Crippen MR) is 24.4 cm³/mol. The van der Waals surface area contributed by atoms with E-state index in [-0.39, 0.29) is 18.6 Å². The molecule has 0 saturated heterocycles. The van der Waals surface area contributed by atoms with Crippen molar-refractivity contribution in [3.8, 4) is 0 Å². The minimum atomic E-state index is 0. The van der Waals surface area contributed by atoms with Gasteiger partial charge < -0.3 is 15.3 Å². The Morgan fingerprint density at radius 1 is 0.571 bits per heavy atom. The van der Waals surface area contributed by atoms with Crippen LogP contribution in [-0.2, 0) is 18.6 Å². The maximum absolute atomic E-state index is 7.00. The van der Waals surface area contributed by atoms with E-state index in [1.807, 2.05) is 0 Å². The molecule has 47 valence electrons. The summed E-state index contributed by atoms with van der Waals surface area (Å²) >= 11 is 0. The molecule has 7 heavy (non-hydrogen) atoms. The summed E-state index contributed by atoms with van der Waals surface area (Å²) in [5, 5.41) is 21.0. The second-order valence-electron chi connectivity index (χ2n) is 0. The van der Waals surface area contributed by atoms with Crippen molar-refractivity contribution in [3.63, 3.8) is 0 Å². The molecule has 0 rings (SSSR count). The van der Waals surface area contributed by atoms with Gasteiger partial charge in [-0.15, -0.1) is 0 Å². The standard InChI is InChI=1S/3CH4O.V/c3*1-2;/h3*2H,1H3;. The van der Waals surface area contributed by atoms with Crippen LogP contribution >= 0.6 is 0 Å². The van der Waals surface area contributed by atoms with Crippen LogP contribution < -0.4 is 0 Å². The largest absolute Gasteiger partial charge is 0.400 e. The molecule has 0 aliphatic carbocycles. The van der Waals surface area contributed by atoms with E-state index in [2.05, 4.69) is 0 Å². The van der Waals surface area contributed by atoms with Gasteiger partial charge >= 0.3 is 0 Å². The van der Waals surface area contributed by atoms with E-state index < -0.39 is 0 Å². The van der Waals surface area contributed by atoms with Gasteiger partial charge in [0.1, 0.15) is 0 Å². The summed E-state index contributed by atoms with van der Waals surface area (Å²) in [6.07, 6.45) is 0. The SMILES string of the molecule is CO.CO.CO.[V]. The quantitative estimate of drug-likeness (QED) is 0.404. The van der Waals surface area contributed by atoms with Gasteiger partial charge in [-0.25, -0.2) is 0 Å². The molecule has 0 spiro atoms. The molecule has 0 aromatic heterocycles. The van der Waals surface area contributed by atoms with Crippen molar-refractivity contribution in [2.45, 2.75) is 0 Å². The van der Waals surface area contributed by atoms with Crippen LogP contribution in [-0.4, -0.2) is 36.6 Å². The third-order valence-corrected chi connectivity index (χ3v) is 0. The van der Waals surface area contributed by atoms with Gasteiger partial charge in [0, 0.05) is 39.9 Å². The van der Waals surface area contributed by atoms with Gasteiger partial charge in [-0.3, -0.25) is 0 Å². The minimum Gasteiger partial charge on any atom is -0.400 e. The average Bonchev–Trinajstić information content (AvgIpc) is 1.81. The van der Waals surface area contributed by atoms with Crippen LogP contribution in [0.2, 0.25) is 0 Å². The minimum absolute atomic E-state index is 0. The third-order valence-electron chi connectivity index (χ3n) is 0. The van der Waals surface area contributed by atoms with Gasteiger partial charge in [-0.1, -0.05) is 0 Å². The smallest absolute Gasteiger partial charge is 0.0319 e. The summed E-state index contributed by atoms with van der Waals surface area (Å²) in [5.41, 5.74) is 0. The molecule has 0 amide bonds. The average molecular weight is 147 g/mol. The van der Waals surface area contributed by atoms with Crippen LogP contribution in [0.15, 0.2) is 0 Å². The van der Waals surface area contributed by atoms with Crippen molar-refractivity contribution in [2.75, 3.05) is 21.3 Å². The zero-order valence-corrected chi connectivity index (χ0v) is 6.19. The van der Waals surface area contributed by atoms with Crippen LogP contribution in [0.4, 0.5) is 0 Å². The summed E-state index contributed by atoms with van der Waals surface area (Å²) in [5.74, 6) is 0. The van der Waals surface area contributed by atoms with E-state index in [1.165, 1.54) is 0 Å². The maximum Gasteiger partial charge on any atom is 0.0319 e. The summed E-state index contributed by atoms with van der Waals surface area (Å²) in [6.45, 7) is 0. The Balaban J connectivity index is -0.00000000900. The monoisotopic (exact) mass is 147 g/mol. The molecule has 0 fully saturated rings. The number of aliphatic hydroxyl groups excluding tert-OH is 3. The normalized spacial score (nSPS) is 2.57. The molecule has 0 unspecified atom stereocenters. The molecule has 0 atom stereocenters. The first-order valence-electron chi connectivity index (χ1n) is 1.34. The van der Waals surface area contributed by atoms with Crippen LogP contribution in [0.1, 0.15) is 0 Å². The van der Waals surface area contributed by atoms with Crippen molar-refractivity contribution in [1.29, 1.82) is 0 Å². The molecule has 1 radical (unpaired) electrons. The third kappa shape index (κ3) is 597. The van der Waals surface area contributed by atoms with E-state index >= 15 is 0 Å². The van der Waals surface area contributed by atoms with E-state index in [1.54, 1.807) is 0 Å². The van der Waals surface area contributed by atoms with Crippen molar-refractivity contribution in [3.05, 3.63) is 0 Å². The number of rotatable bonds is 0. The molecule has 4 heteroatoms. The predicted octanol–water partition coefficient (Wildman–Crippen LogP) is -1.18. The Morgan fingerprint density at radius 2 is 0.571 bits per heavy atom. The topological polar surface area (TPSA) is 60.7 Å². The number of aliphatic hydroxyl groups is 3. The molecule has 0 aromatic carbocycles. The Morgan fingerprint density at radius 3 is 0.571 bits per heavy atom. The molecular formula is C3H12O3V. The Bertz CT molecular complexity index is 10.1. The molecular weight excluding hydrogens is 135 g/mol. The van der Waals surface area contributed by atoms with Gasteiger partial charge in [0.05, 0.1) is 0 Å². The fourth-order valence-corrected chi connectivity index (χ4v) is 0. The number of hydrogen-bond donors (Lipinski definition) is 3. The first kappa shape index (κ1) is 26.0. The first-order valence-corrected chi connectivity index (χ1v) is 1.34. The fourth-order valence-electron chi connectivity index (χ4n) is 0. The van der Waals surface area contributed by atoms with Gasteiger partial charge in [0.2, 0.25) is 0 Å². The second kappa shape index (κ2) is 895. The van der Waals surface area contributed by atoms with Gasteiger partial charge in [-0.2, -0.15) is 0 Å². The van der Waals surface area contributed by atoms with Crippen molar-refractivity contribution < 1.29 is 33.9 Å². The first-order chi connectivity index (χ1) is 3.00. The second-order valence-corrected chi connectivity index (χ2v) is 0. The summed E-state index contributed by atoms with van der Waals surface area (Å²) in [6, 6.07) is 0. The summed E-state index contributed by atoms with van der Waals surface area (Å²) in [7, 11) is 3.00. The summed E-state index contributed by atoms with van der Waals surface area (Å²) < 4.78 is 0. The Labute approximate surface area is 55.9 Å². The molecule has 0 heterocycles. The fraction of sp³-hybridized carbons (Fsp3) is 1.00. The zero-order valence-electron chi connectivity index (χ0n) is 4.79. The molecule has 0 bridgehead atoms. The van der Waals surface area contributed by atoms with Crippen LogP contribution in [0.3, 0.4) is 0 Å². The summed E-state index contributed by atoms with van der Waals surface area (Å²) in [4.78, 5) is 0. The van der Waals surface area contributed by atoms with Crippen molar-refractivity contribution in [2.24, 2.45) is 0 Å². The molecule has 3 nitrogen and oxygen atoms in total. The maximum atomic E-state index is 7.00. The Kier molecular flexibility index (Phi) is 3320. The zero-order chi connectivity index (χ0) is 6.00. The van der Waals surface area contributed by atoms with E-state index in [0.29, 0.717) is 0 Å². The van der Waals surface area contributed by atoms with E-state index in [9.17, 15) is 0 Å². The number of hydrogen-bond acceptors (Lipinski definition) is 3. The molecule has 3 N–H and O–H groups in total. The van der Waals surface area contributed by atoms with E-state index in [4.69, 9.17) is 15.3 Å². The molecule has 0 saturated carbocycles. The molecule has 0 aliphatic rings. The van der Waals surface area contributed by atoms with Gasteiger partial charge in [0.15, 0.2) is 0 Å². The molecule has 0 aliphatic heterocycles. The van der Waals surface area contributed by atoms with Gasteiger partial charge in [0.25, 0.3) is 0 Å². The van der Waals surface area contributed by atoms with Crippen molar-refractivity contribution >= 4 is 0 Å². The molecule has 0 aromatic rings. The Hall–Kier alpha value is 0.464. The van der Waals surface area contributed by atoms with Gasteiger partial charge in [-0.05, 0) is 0 Å². The van der Waals surface area contributed by atoms with Crippen LogP contribution in [0, 0.1) is 0 Å². The van der Waals surface area contributed by atoms with Crippen LogP contribution in [0.5, 0.6) is 0 Å². The van der Waals surface area contributed by atoms with E-state index in [0.717, 1.165) is 21.3 Å².